The highest BCUT2D eigenvalue weighted by Crippen LogP contribution is 2.31. The number of ether oxygens (including phenoxy) is 1. The maximum absolute atomic E-state index is 14.0. The molecule has 1 rings (SSSR count). The van der Waals surface area contributed by atoms with Crippen molar-refractivity contribution in [3.8, 4) is 0 Å². The molecule has 1 unspecified atom stereocenters. The van der Waals surface area contributed by atoms with Gasteiger partial charge in [0.15, 0.2) is 0 Å². The third-order valence-corrected chi connectivity index (χ3v) is 3.86. The van der Waals surface area contributed by atoms with Crippen molar-refractivity contribution in [2.24, 2.45) is 0 Å². The maximum Gasteiger partial charge on any atom is 0.411 e. The number of halogens is 6. The van der Waals surface area contributed by atoms with Crippen LogP contribution in [0.25, 0.3) is 0 Å². The zero-order valence-electron chi connectivity index (χ0n) is 10.5. The monoisotopic (exact) mass is 377 g/mol. The van der Waals surface area contributed by atoms with Crippen LogP contribution in [0.2, 0.25) is 5.02 Å². The first-order valence-electron chi connectivity index (χ1n) is 5.71. The van der Waals surface area contributed by atoms with Gasteiger partial charge >= 0.3 is 6.18 Å². The summed E-state index contributed by atoms with van der Waals surface area (Å²) in [4.78, 5) is 0. The fourth-order valence-corrected chi connectivity index (χ4v) is 2.13. The van der Waals surface area contributed by atoms with E-state index in [1.165, 1.54) is 6.07 Å². The molecule has 2 nitrogen and oxygen atoms in total. The lowest BCUT2D eigenvalue weighted by atomic mass is 10.0. The van der Waals surface area contributed by atoms with Crippen LogP contribution in [0.15, 0.2) is 16.6 Å². The summed E-state index contributed by atoms with van der Waals surface area (Å²) in [6.07, 6.45) is -4.16. The van der Waals surface area contributed by atoms with Crippen LogP contribution in [0, 0.1) is 5.82 Å². The lowest BCUT2D eigenvalue weighted by Crippen LogP contribution is -2.22. The van der Waals surface area contributed by atoms with E-state index in [0.717, 1.165) is 0 Å². The van der Waals surface area contributed by atoms with Crippen molar-refractivity contribution >= 4 is 27.5 Å². The summed E-state index contributed by atoms with van der Waals surface area (Å²) in [5.41, 5.74) is 0.288. The molecule has 114 valence electrons. The molecule has 0 bridgehead atoms. The van der Waals surface area contributed by atoms with Crippen molar-refractivity contribution in [2.75, 3.05) is 20.3 Å². The Balaban J connectivity index is 2.65. The molecule has 1 aromatic carbocycles. The standard InChI is InChI=1S/C12H13BrClF4NO/c1-19-9(4-5-20-6-12(16,17)18)7-2-3-8(13)10(14)11(7)15/h2-3,9,19H,4-6H2,1H3. The number of hydrogen-bond donors (Lipinski definition) is 1. The van der Waals surface area contributed by atoms with Gasteiger partial charge in [-0.1, -0.05) is 17.7 Å². The van der Waals surface area contributed by atoms with Gasteiger partial charge in [0, 0.05) is 22.7 Å². The van der Waals surface area contributed by atoms with E-state index in [1.54, 1.807) is 13.1 Å². The third-order valence-electron chi connectivity index (χ3n) is 2.61. The van der Waals surface area contributed by atoms with Crippen molar-refractivity contribution in [2.45, 2.75) is 18.6 Å². The van der Waals surface area contributed by atoms with Crippen molar-refractivity contribution < 1.29 is 22.3 Å². The Morgan fingerprint density at radius 2 is 2.05 bits per heavy atom. The summed E-state index contributed by atoms with van der Waals surface area (Å²) < 4.78 is 54.7. The highest BCUT2D eigenvalue weighted by atomic mass is 79.9. The third kappa shape index (κ3) is 5.20. The summed E-state index contributed by atoms with van der Waals surface area (Å²) in [7, 11) is 1.59. The van der Waals surface area contributed by atoms with Crippen LogP contribution in [0.4, 0.5) is 17.6 Å². The SMILES string of the molecule is CNC(CCOCC(F)(F)F)c1ccc(Br)c(Cl)c1F. The Kier molecular flexibility index (Phi) is 6.71. The smallest absolute Gasteiger partial charge is 0.372 e. The lowest BCUT2D eigenvalue weighted by Gasteiger charge is -2.18. The van der Waals surface area contributed by atoms with Crippen molar-refractivity contribution in [1.82, 2.24) is 5.32 Å². The number of hydrogen-bond acceptors (Lipinski definition) is 2. The molecule has 0 saturated carbocycles. The topological polar surface area (TPSA) is 21.3 Å². The molecule has 0 aromatic heterocycles. The molecule has 1 N–H and O–H groups in total. The zero-order valence-corrected chi connectivity index (χ0v) is 12.9. The summed E-state index contributed by atoms with van der Waals surface area (Å²) in [5, 5.41) is 2.77. The summed E-state index contributed by atoms with van der Waals surface area (Å²) >= 11 is 8.87. The first-order chi connectivity index (χ1) is 9.26. The van der Waals surface area contributed by atoms with Gasteiger partial charge in [-0.2, -0.15) is 13.2 Å². The molecule has 1 aromatic rings. The van der Waals surface area contributed by atoms with Crippen LogP contribution in [0.5, 0.6) is 0 Å². The number of alkyl halides is 3. The molecule has 0 radical (unpaired) electrons. The van der Waals surface area contributed by atoms with E-state index in [2.05, 4.69) is 26.0 Å². The molecule has 0 fully saturated rings. The highest BCUT2D eigenvalue weighted by molar-refractivity contribution is 9.10. The predicted octanol–water partition coefficient (Wildman–Crippen LogP) is 4.47. The van der Waals surface area contributed by atoms with Crippen LogP contribution in [0.3, 0.4) is 0 Å². The molecular formula is C12H13BrClF4NO. The molecule has 0 spiro atoms. The minimum absolute atomic E-state index is 0.0565. The molecule has 0 aliphatic heterocycles. The Labute approximate surface area is 127 Å². The minimum Gasteiger partial charge on any atom is -0.372 e. The van der Waals surface area contributed by atoms with Crippen LogP contribution < -0.4 is 5.32 Å². The van der Waals surface area contributed by atoms with Gasteiger partial charge in [0.1, 0.15) is 12.4 Å². The Bertz CT molecular complexity index is 456. The van der Waals surface area contributed by atoms with Gasteiger partial charge in [-0.25, -0.2) is 4.39 Å². The van der Waals surface area contributed by atoms with Gasteiger partial charge in [0.25, 0.3) is 0 Å². The average Bonchev–Trinajstić information content (AvgIpc) is 2.36. The number of benzene rings is 1. The molecule has 1 atom stereocenters. The van der Waals surface area contributed by atoms with Crippen molar-refractivity contribution in [3.05, 3.63) is 33.0 Å². The normalized spacial score (nSPS) is 13.6. The highest BCUT2D eigenvalue weighted by Gasteiger charge is 2.27. The fraction of sp³-hybridized carbons (Fsp3) is 0.500. The van der Waals surface area contributed by atoms with E-state index in [-0.39, 0.29) is 23.6 Å². The molecule has 0 aliphatic carbocycles. The van der Waals surface area contributed by atoms with Gasteiger partial charge in [-0.3, -0.25) is 0 Å². The van der Waals surface area contributed by atoms with Crippen LogP contribution in [-0.4, -0.2) is 26.4 Å². The molecule has 20 heavy (non-hydrogen) atoms. The number of rotatable bonds is 6. The van der Waals surface area contributed by atoms with Crippen molar-refractivity contribution in [1.29, 1.82) is 0 Å². The summed E-state index contributed by atoms with van der Waals surface area (Å²) in [6.45, 7) is -1.45. The molecule has 0 aliphatic rings. The second-order valence-electron chi connectivity index (χ2n) is 4.06. The lowest BCUT2D eigenvalue weighted by molar-refractivity contribution is -0.174. The van der Waals surface area contributed by atoms with Crippen LogP contribution >= 0.6 is 27.5 Å². The van der Waals surface area contributed by atoms with Gasteiger partial charge < -0.3 is 10.1 Å². The van der Waals surface area contributed by atoms with E-state index in [1.807, 2.05) is 0 Å². The Morgan fingerprint density at radius 1 is 1.40 bits per heavy atom. The largest absolute Gasteiger partial charge is 0.411 e. The van der Waals surface area contributed by atoms with E-state index < -0.39 is 24.6 Å². The quantitative estimate of drug-likeness (QED) is 0.448. The second kappa shape index (κ2) is 7.59. The van der Waals surface area contributed by atoms with Gasteiger partial charge in [-0.15, -0.1) is 0 Å². The summed E-state index contributed by atoms with van der Waals surface area (Å²) in [5.74, 6) is -0.601. The van der Waals surface area contributed by atoms with Crippen molar-refractivity contribution in [3.63, 3.8) is 0 Å². The van der Waals surface area contributed by atoms with Crippen LogP contribution in [0.1, 0.15) is 18.0 Å². The van der Waals surface area contributed by atoms with E-state index in [0.29, 0.717) is 4.47 Å². The van der Waals surface area contributed by atoms with E-state index >= 15 is 0 Å². The van der Waals surface area contributed by atoms with E-state index in [4.69, 9.17) is 11.6 Å². The minimum atomic E-state index is -4.36. The van der Waals surface area contributed by atoms with Gasteiger partial charge in [-0.05, 0) is 35.5 Å². The molecule has 0 saturated heterocycles. The first kappa shape index (κ1) is 17.7. The molecular weight excluding hydrogens is 365 g/mol. The summed E-state index contributed by atoms with van der Waals surface area (Å²) in [6, 6.07) is 2.63. The second-order valence-corrected chi connectivity index (χ2v) is 5.29. The Morgan fingerprint density at radius 3 is 2.60 bits per heavy atom. The van der Waals surface area contributed by atoms with E-state index in [9.17, 15) is 17.6 Å². The Hall–Kier alpha value is -0.370. The first-order valence-corrected chi connectivity index (χ1v) is 6.88. The van der Waals surface area contributed by atoms with Gasteiger partial charge in [0.05, 0.1) is 5.02 Å². The zero-order chi connectivity index (χ0) is 15.3. The van der Waals surface area contributed by atoms with Crippen LogP contribution in [-0.2, 0) is 4.74 Å². The molecule has 0 amide bonds. The maximum atomic E-state index is 14.0. The predicted molar refractivity (Wildman–Crippen MR) is 72.4 cm³/mol. The number of nitrogens with one attached hydrogen (secondary N) is 1. The molecule has 0 heterocycles. The average molecular weight is 379 g/mol. The molecule has 8 heteroatoms. The van der Waals surface area contributed by atoms with Gasteiger partial charge in [0.2, 0.25) is 0 Å². The fourth-order valence-electron chi connectivity index (χ4n) is 1.65.